The summed E-state index contributed by atoms with van der Waals surface area (Å²) >= 11 is 6.20. The number of rotatable bonds is 9. The van der Waals surface area contributed by atoms with E-state index in [0.29, 0.717) is 24.5 Å². The Labute approximate surface area is 211 Å². The molecule has 11 heteroatoms. The van der Waals surface area contributed by atoms with E-state index in [-0.39, 0.29) is 20.4 Å². The van der Waals surface area contributed by atoms with Crippen LogP contribution in [0.3, 0.4) is 0 Å². The number of halogens is 1. The molecule has 0 heterocycles. The molecule has 0 aliphatic carbocycles. The Kier molecular flexibility index (Phi) is 8.22. The van der Waals surface area contributed by atoms with Crippen molar-refractivity contribution in [3.8, 4) is 0 Å². The van der Waals surface area contributed by atoms with Crippen LogP contribution in [0.15, 0.2) is 82.6 Å². The van der Waals surface area contributed by atoms with Crippen molar-refractivity contribution in [3.05, 3.63) is 83.4 Å². The lowest BCUT2D eigenvalue weighted by Crippen LogP contribution is -2.30. The van der Waals surface area contributed by atoms with Gasteiger partial charge in [-0.15, -0.1) is 0 Å². The van der Waals surface area contributed by atoms with Gasteiger partial charge in [0.25, 0.3) is 15.9 Å². The molecule has 0 spiro atoms. The van der Waals surface area contributed by atoms with Gasteiger partial charge in [0.2, 0.25) is 10.0 Å². The molecule has 0 aliphatic heterocycles. The number of carbonyl (C=O) groups excluding carboxylic acids is 1. The summed E-state index contributed by atoms with van der Waals surface area (Å²) in [5, 5.41) is 2.71. The lowest BCUT2D eigenvalue weighted by molar-refractivity contribution is 0.102. The number of anilines is 2. The van der Waals surface area contributed by atoms with Crippen LogP contribution in [0, 0.1) is 0 Å². The Hall–Kier alpha value is -2.92. The number of hydrogen-bond acceptors (Lipinski definition) is 5. The first kappa shape index (κ1) is 26.7. The predicted octanol–water partition coefficient (Wildman–Crippen LogP) is 4.45. The normalized spacial score (nSPS) is 11.9. The standard InChI is InChI=1S/C24H26ClN3O5S2/c1-4-28(5-2)35(32,33)20-13-11-18(12-14-20)26-24(29)22-17-21(15-16-23(22)25)34(30,31)27(3)19-9-7-6-8-10-19/h6-17H,4-5H2,1-3H3,(H,26,29). The monoisotopic (exact) mass is 535 g/mol. The molecule has 0 unspecified atom stereocenters. The highest BCUT2D eigenvalue weighted by Gasteiger charge is 2.24. The second-order valence-corrected chi connectivity index (χ2v) is 11.8. The van der Waals surface area contributed by atoms with Gasteiger partial charge in [-0.2, -0.15) is 4.31 Å². The molecule has 0 fully saturated rings. The third-order valence-corrected chi connectivity index (χ3v) is 9.59. The summed E-state index contributed by atoms with van der Waals surface area (Å²) in [6.07, 6.45) is 0. The Bertz CT molecular complexity index is 1410. The van der Waals surface area contributed by atoms with Crippen LogP contribution in [-0.4, -0.2) is 47.2 Å². The topological polar surface area (TPSA) is 104 Å². The minimum Gasteiger partial charge on any atom is -0.322 e. The van der Waals surface area contributed by atoms with E-state index < -0.39 is 26.0 Å². The molecule has 0 radical (unpaired) electrons. The molecular formula is C24H26ClN3O5S2. The molecule has 0 saturated heterocycles. The number of benzene rings is 3. The van der Waals surface area contributed by atoms with Crippen LogP contribution < -0.4 is 9.62 Å². The van der Waals surface area contributed by atoms with Gasteiger partial charge in [-0.1, -0.05) is 43.6 Å². The predicted molar refractivity (Wildman–Crippen MR) is 138 cm³/mol. The zero-order valence-electron chi connectivity index (χ0n) is 19.5. The van der Waals surface area contributed by atoms with Crippen LogP contribution in [0.5, 0.6) is 0 Å². The maximum Gasteiger partial charge on any atom is 0.264 e. The van der Waals surface area contributed by atoms with Gasteiger partial charge < -0.3 is 5.32 Å². The zero-order valence-corrected chi connectivity index (χ0v) is 21.9. The molecule has 35 heavy (non-hydrogen) atoms. The number of nitrogens with zero attached hydrogens (tertiary/aromatic N) is 2. The maximum absolute atomic E-state index is 13.1. The van der Waals surface area contributed by atoms with Crippen molar-refractivity contribution in [1.29, 1.82) is 0 Å². The fraction of sp³-hybridized carbons (Fsp3) is 0.208. The van der Waals surface area contributed by atoms with Gasteiger partial charge in [0.15, 0.2) is 0 Å². The van der Waals surface area contributed by atoms with E-state index in [9.17, 15) is 21.6 Å². The van der Waals surface area contributed by atoms with E-state index in [2.05, 4.69) is 5.32 Å². The van der Waals surface area contributed by atoms with Gasteiger partial charge >= 0.3 is 0 Å². The molecule has 3 aromatic rings. The highest BCUT2D eigenvalue weighted by Crippen LogP contribution is 2.26. The number of para-hydroxylation sites is 1. The fourth-order valence-electron chi connectivity index (χ4n) is 3.39. The van der Waals surface area contributed by atoms with E-state index >= 15 is 0 Å². The largest absolute Gasteiger partial charge is 0.322 e. The van der Waals surface area contributed by atoms with Crippen LogP contribution in [-0.2, 0) is 20.0 Å². The molecule has 0 bridgehead atoms. The minimum absolute atomic E-state index is 0.0333. The molecule has 0 aromatic heterocycles. The number of amides is 1. The summed E-state index contributed by atoms with van der Waals surface area (Å²) in [5.74, 6) is -0.631. The van der Waals surface area contributed by atoms with Crippen LogP contribution in [0.25, 0.3) is 0 Å². The zero-order chi connectivity index (χ0) is 25.8. The summed E-state index contributed by atoms with van der Waals surface area (Å²) in [6.45, 7) is 4.19. The lowest BCUT2D eigenvalue weighted by atomic mass is 10.2. The van der Waals surface area contributed by atoms with E-state index in [1.807, 2.05) is 0 Å². The smallest absolute Gasteiger partial charge is 0.264 e. The first-order valence-electron chi connectivity index (χ1n) is 10.8. The number of hydrogen-bond donors (Lipinski definition) is 1. The number of carbonyl (C=O) groups is 1. The molecule has 186 valence electrons. The second kappa shape index (κ2) is 10.8. The molecule has 0 aliphatic rings. The molecule has 0 atom stereocenters. The van der Waals surface area contributed by atoms with Crippen molar-refractivity contribution in [1.82, 2.24) is 4.31 Å². The van der Waals surface area contributed by atoms with E-state index in [4.69, 9.17) is 11.6 Å². The second-order valence-electron chi connectivity index (χ2n) is 7.52. The van der Waals surface area contributed by atoms with Crippen molar-refractivity contribution >= 4 is 48.9 Å². The van der Waals surface area contributed by atoms with Gasteiger partial charge in [0, 0.05) is 25.8 Å². The average molecular weight is 536 g/mol. The minimum atomic E-state index is -3.95. The summed E-state index contributed by atoms with van der Waals surface area (Å²) in [7, 11) is -6.16. The molecule has 3 aromatic carbocycles. The number of sulfonamides is 2. The van der Waals surface area contributed by atoms with Gasteiger partial charge in [0.1, 0.15) is 0 Å². The van der Waals surface area contributed by atoms with Gasteiger partial charge in [-0.3, -0.25) is 9.10 Å². The average Bonchev–Trinajstić information content (AvgIpc) is 2.85. The van der Waals surface area contributed by atoms with E-state index in [1.165, 1.54) is 53.8 Å². The molecule has 1 N–H and O–H groups in total. The Morgan fingerprint density at radius 3 is 1.97 bits per heavy atom. The van der Waals surface area contributed by atoms with Gasteiger partial charge in [0.05, 0.1) is 26.1 Å². The quantitative estimate of drug-likeness (QED) is 0.436. The maximum atomic E-state index is 13.1. The SMILES string of the molecule is CCN(CC)S(=O)(=O)c1ccc(NC(=O)c2cc(S(=O)(=O)N(C)c3ccccc3)ccc2Cl)cc1. The third-order valence-electron chi connectivity index (χ3n) is 5.42. The lowest BCUT2D eigenvalue weighted by Gasteiger charge is -2.20. The molecular weight excluding hydrogens is 510 g/mol. The highest BCUT2D eigenvalue weighted by atomic mass is 35.5. The molecule has 1 amide bonds. The molecule has 3 rings (SSSR count). The van der Waals surface area contributed by atoms with Crippen molar-refractivity contribution in [2.24, 2.45) is 0 Å². The first-order valence-corrected chi connectivity index (χ1v) is 14.0. The third kappa shape index (κ3) is 5.67. The fourth-order valence-corrected chi connectivity index (χ4v) is 6.28. The highest BCUT2D eigenvalue weighted by molar-refractivity contribution is 7.92. The van der Waals surface area contributed by atoms with Crippen molar-refractivity contribution in [2.75, 3.05) is 29.8 Å². The first-order chi connectivity index (χ1) is 16.5. The Balaban J connectivity index is 1.85. The van der Waals surface area contributed by atoms with E-state index in [0.717, 1.165) is 4.31 Å². The van der Waals surface area contributed by atoms with Crippen LogP contribution >= 0.6 is 11.6 Å². The number of nitrogens with one attached hydrogen (secondary N) is 1. The van der Waals surface area contributed by atoms with Gasteiger partial charge in [-0.25, -0.2) is 16.8 Å². The Morgan fingerprint density at radius 1 is 0.829 bits per heavy atom. The van der Waals surface area contributed by atoms with Crippen molar-refractivity contribution in [2.45, 2.75) is 23.6 Å². The molecule has 0 saturated carbocycles. The van der Waals surface area contributed by atoms with Crippen LogP contribution in [0.2, 0.25) is 5.02 Å². The van der Waals surface area contributed by atoms with Crippen molar-refractivity contribution < 1.29 is 21.6 Å². The summed E-state index contributed by atoms with van der Waals surface area (Å²) in [5.41, 5.74) is 0.765. The Morgan fingerprint density at radius 2 is 1.40 bits per heavy atom. The van der Waals surface area contributed by atoms with E-state index in [1.54, 1.807) is 44.2 Å². The molecule has 8 nitrogen and oxygen atoms in total. The van der Waals surface area contributed by atoms with Crippen molar-refractivity contribution in [3.63, 3.8) is 0 Å². The summed E-state index contributed by atoms with van der Waals surface area (Å²) in [4.78, 5) is 12.9. The summed E-state index contributed by atoms with van der Waals surface area (Å²) in [6, 6.07) is 18.2. The van der Waals surface area contributed by atoms with Crippen LogP contribution in [0.1, 0.15) is 24.2 Å². The van der Waals surface area contributed by atoms with Crippen LogP contribution in [0.4, 0.5) is 11.4 Å². The summed E-state index contributed by atoms with van der Waals surface area (Å²) < 4.78 is 53.9. The van der Waals surface area contributed by atoms with Gasteiger partial charge in [-0.05, 0) is 54.6 Å².